The summed E-state index contributed by atoms with van der Waals surface area (Å²) < 4.78 is 6.73. The van der Waals surface area contributed by atoms with Crippen LogP contribution in [0.5, 0.6) is 0 Å². The summed E-state index contributed by atoms with van der Waals surface area (Å²) in [5, 5.41) is 18.5. The van der Waals surface area contributed by atoms with Crippen molar-refractivity contribution in [3.05, 3.63) is 48.2 Å². The smallest absolute Gasteiger partial charge is 0.192 e. The van der Waals surface area contributed by atoms with Gasteiger partial charge in [0.1, 0.15) is 12.0 Å². The van der Waals surface area contributed by atoms with Gasteiger partial charge in [-0.15, -0.1) is 34.2 Å². The predicted octanol–water partition coefficient (Wildman–Crippen LogP) is 1.59. The molecular formula is C14H18IN7O. The van der Waals surface area contributed by atoms with Gasteiger partial charge in [0.25, 0.3) is 0 Å². The third kappa shape index (κ3) is 4.41. The number of hydrogen-bond acceptors (Lipinski definition) is 5. The molecular weight excluding hydrogens is 409 g/mol. The molecule has 0 fully saturated rings. The Morgan fingerprint density at radius 2 is 2.17 bits per heavy atom. The van der Waals surface area contributed by atoms with E-state index in [0.717, 1.165) is 23.7 Å². The maximum atomic E-state index is 4.79. The van der Waals surface area contributed by atoms with Crippen LogP contribution in [0.3, 0.4) is 0 Å². The highest BCUT2D eigenvalue weighted by atomic mass is 127. The molecule has 3 aromatic rings. The highest BCUT2D eigenvalue weighted by Crippen LogP contribution is 2.02. The lowest BCUT2D eigenvalue weighted by Gasteiger charge is -2.10. The molecule has 3 heterocycles. The van der Waals surface area contributed by atoms with Crippen LogP contribution in [0.4, 0.5) is 0 Å². The number of halogens is 1. The highest BCUT2D eigenvalue weighted by molar-refractivity contribution is 14.0. The van der Waals surface area contributed by atoms with Crippen molar-refractivity contribution in [1.29, 1.82) is 0 Å². The maximum Gasteiger partial charge on any atom is 0.192 e. The molecule has 0 amide bonds. The first-order chi connectivity index (χ1) is 10.9. The molecule has 8 nitrogen and oxygen atoms in total. The fourth-order valence-corrected chi connectivity index (χ4v) is 2.00. The van der Waals surface area contributed by atoms with Gasteiger partial charge in [-0.3, -0.25) is 4.40 Å². The zero-order valence-corrected chi connectivity index (χ0v) is 15.0. The fraction of sp³-hybridized carbons (Fsp3) is 0.286. The molecule has 0 unspecified atom stereocenters. The second kappa shape index (κ2) is 8.46. The summed E-state index contributed by atoms with van der Waals surface area (Å²) in [6, 6.07) is 7.59. The zero-order chi connectivity index (χ0) is 15.2. The molecule has 3 aromatic heterocycles. The number of nitrogens with zero attached hydrogens (tertiary/aromatic N) is 5. The Morgan fingerprint density at radius 3 is 2.96 bits per heavy atom. The van der Waals surface area contributed by atoms with Gasteiger partial charge in [0.05, 0.1) is 13.1 Å². The van der Waals surface area contributed by atoms with Crippen LogP contribution in [0.2, 0.25) is 0 Å². The molecule has 122 valence electrons. The lowest BCUT2D eigenvalue weighted by Crippen LogP contribution is -2.37. The minimum absolute atomic E-state index is 0. The van der Waals surface area contributed by atoms with Crippen molar-refractivity contribution in [2.75, 3.05) is 6.54 Å². The van der Waals surface area contributed by atoms with E-state index in [1.165, 1.54) is 6.26 Å². The molecule has 9 heteroatoms. The largest absolute Gasteiger partial charge is 0.364 e. The summed E-state index contributed by atoms with van der Waals surface area (Å²) in [5.41, 5.74) is 1.61. The lowest BCUT2D eigenvalue weighted by atomic mass is 10.4. The molecule has 2 N–H and O–H groups in total. The number of rotatable bonds is 5. The molecule has 0 bridgehead atoms. The van der Waals surface area contributed by atoms with Crippen LogP contribution in [0, 0.1) is 0 Å². The number of fused-ring (bicyclic) bond motifs is 1. The molecule has 0 saturated carbocycles. The Hall–Kier alpha value is -2.17. The summed E-state index contributed by atoms with van der Waals surface area (Å²) in [6.45, 7) is 3.76. The summed E-state index contributed by atoms with van der Waals surface area (Å²) in [5.74, 6) is 1.51. The van der Waals surface area contributed by atoms with Gasteiger partial charge in [-0.1, -0.05) is 11.2 Å². The van der Waals surface area contributed by atoms with Gasteiger partial charge in [-0.05, 0) is 19.1 Å². The highest BCUT2D eigenvalue weighted by Gasteiger charge is 2.05. The van der Waals surface area contributed by atoms with Crippen LogP contribution in [0.25, 0.3) is 5.65 Å². The molecule has 0 atom stereocenters. The van der Waals surface area contributed by atoms with Crippen LogP contribution in [-0.4, -0.2) is 32.3 Å². The summed E-state index contributed by atoms with van der Waals surface area (Å²) in [6.07, 6.45) is 3.47. The van der Waals surface area contributed by atoms with Crippen molar-refractivity contribution in [2.45, 2.75) is 20.0 Å². The average Bonchev–Trinajstić information content (AvgIpc) is 3.20. The van der Waals surface area contributed by atoms with E-state index >= 15 is 0 Å². The number of guanidine groups is 1. The van der Waals surface area contributed by atoms with Crippen LogP contribution >= 0.6 is 24.0 Å². The summed E-state index contributed by atoms with van der Waals surface area (Å²) in [4.78, 5) is 4.45. The van der Waals surface area contributed by atoms with Crippen molar-refractivity contribution in [3.63, 3.8) is 0 Å². The summed E-state index contributed by atoms with van der Waals surface area (Å²) >= 11 is 0. The minimum Gasteiger partial charge on any atom is -0.364 e. The maximum absolute atomic E-state index is 4.79. The van der Waals surface area contributed by atoms with Gasteiger partial charge in [0.15, 0.2) is 17.4 Å². The lowest BCUT2D eigenvalue weighted by molar-refractivity contribution is 0.412. The van der Waals surface area contributed by atoms with Gasteiger partial charge in [0, 0.05) is 18.8 Å². The van der Waals surface area contributed by atoms with Crippen molar-refractivity contribution in [3.8, 4) is 0 Å². The van der Waals surface area contributed by atoms with Crippen molar-refractivity contribution in [1.82, 2.24) is 30.4 Å². The molecule has 23 heavy (non-hydrogen) atoms. The van der Waals surface area contributed by atoms with E-state index in [1.807, 2.05) is 35.7 Å². The van der Waals surface area contributed by atoms with E-state index in [-0.39, 0.29) is 24.0 Å². The van der Waals surface area contributed by atoms with Gasteiger partial charge in [-0.25, -0.2) is 4.99 Å². The second-order valence-electron chi connectivity index (χ2n) is 4.58. The van der Waals surface area contributed by atoms with E-state index in [2.05, 4.69) is 31.0 Å². The predicted molar refractivity (Wildman–Crippen MR) is 96.6 cm³/mol. The molecule has 0 aliphatic carbocycles. The van der Waals surface area contributed by atoms with E-state index in [0.29, 0.717) is 19.0 Å². The minimum atomic E-state index is 0. The van der Waals surface area contributed by atoms with Gasteiger partial charge >= 0.3 is 0 Å². The van der Waals surface area contributed by atoms with Gasteiger partial charge in [0.2, 0.25) is 0 Å². The van der Waals surface area contributed by atoms with Crippen LogP contribution in [0.1, 0.15) is 18.4 Å². The average molecular weight is 427 g/mol. The Balaban J connectivity index is 0.00000192. The Morgan fingerprint density at radius 1 is 1.26 bits per heavy atom. The Kier molecular flexibility index (Phi) is 6.32. The standard InChI is InChI=1S/C14H17N7O.HI/c1-2-15-14(16-9-11-6-8-22-20-11)17-10-13-19-18-12-5-3-4-7-21(12)13;/h3-8H,2,9-10H2,1H3,(H2,15,16,17);1H. The van der Waals surface area contributed by atoms with Gasteiger partial charge in [-0.2, -0.15) is 0 Å². The SMILES string of the molecule is CCNC(=NCc1ccon1)NCc1nnc2ccccn12.I. The summed E-state index contributed by atoms with van der Waals surface area (Å²) in [7, 11) is 0. The first kappa shape index (κ1) is 17.2. The van der Waals surface area contributed by atoms with Gasteiger partial charge < -0.3 is 15.2 Å². The third-order valence-electron chi connectivity index (χ3n) is 3.03. The monoisotopic (exact) mass is 427 g/mol. The van der Waals surface area contributed by atoms with Crippen LogP contribution in [-0.2, 0) is 13.1 Å². The fourth-order valence-electron chi connectivity index (χ4n) is 2.00. The van der Waals surface area contributed by atoms with Crippen LogP contribution in [0.15, 0.2) is 46.2 Å². The normalized spacial score (nSPS) is 11.3. The second-order valence-corrected chi connectivity index (χ2v) is 4.58. The topological polar surface area (TPSA) is 92.6 Å². The number of aliphatic imine (C=N–C) groups is 1. The van der Waals surface area contributed by atoms with E-state index in [9.17, 15) is 0 Å². The Bertz CT molecular complexity index is 753. The quantitative estimate of drug-likeness (QED) is 0.365. The zero-order valence-electron chi connectivity index (χ0n) is 12.6. The number of hydrogen-bond donors (Lipinski definition) is 2. The molecule has 3 rings (SSSR count). The van der Waals surface area contributed by atoms with Crippen molar-refractivity contribution < 1.29 is 4.52 Å². The molecule has 0 aromatic carbocycles. The number of nitrogens with one attached hydrogen (secondary N) is 2. The first-order valence-electron chi connectivity index (χ1n) is 7.07. The first-order valence-corrected chi connectivity index (χ1v) is 7.07. The Labute approximate surface area is 150 Å². The van der Waals surface area contributed by atoms with E-state index in [4.69, 9.17) is 4.52 Å². The molecule has 0 aliphatic rings. The molecule has 0 radical (unpaired) electrons. The van der Waals surface area contributed by atoms with Crippen molar-refractivity contribution in [2.24, 2.45) is 4.99 Å². The van der Waals surface area contributed by atoms with E-state index < -0.39 is 0 Å². The molecule has 0 spiro atoms. The van der Waals surface area contributed by atoms with Crippen LogP contribution < -0.4 is 10.6 Å². The van der Waals surface area contributed by atoms with Crippen molar-refractivity contribution >= 4 is 35.6 Å². The molecule has 0 saturated heterocycles. The number of aromatic nitrogens is 4. The number of pyridine rings is 1. The molecule has 0 aliphatic heterocycles. The van der Waals surface area contributed by atoms with E-state index in [1.54, 1.807) is 6.07 Å². The third-order valence-corrected chi connectivity index (χ3v) is 3.03.